The molecule has 0 saturated heterocycles. The molecule has 0 amide bonds. The lowest BCUT2D eigenvalue weighted by Crippen LogP contribution is -2.38. The summed E-state index contributed by atoms with van der Waals surface area (Å²) in [4.78, 5) is 0. The molecule has 0 atom stereocenters. The summed E-state index contributed by atoms with van der Waals surface area (Å²) in [5, 5.41) is 0. The Morgan fingerprint density at radius 2 is 1.42 bits per heavy atom. The van der Waals surface area contributed by atoms with Crippen molar-refractivity contribution in [1.82, 2.24) is 0 Å². The number of halogens is 2. The second kappa shape index (κ2) is 2.62. The van der Waals surface area contributed by atoms with Crippen LogP contribution in [0.25, 0.3) is 0 Å². The van der Waals surface area contributed by atoms with Gasteiger partial charge in [-0.1, -0.05) is 0 Å². The molecule has 0 aromatic heterocycles. The molecule has 0 spiro atoms. The van der Waals surface area contributed by atoms with E-state index in [0.29, 0.717) is 0 Å². The minimum Gasteiger partial charge on any atom is -0.530 e. The summed E-state index contributed by atoms with van der Waals surface area (Å²) < 4.78 is 42.5. The van der Waals surface area contributed by atoms with Gasteiger partial charge in [0.25, 0.3) is 0 Å². The first-order valence-corrected chi connectivity index (χ1v) is 3.12. The van der Waals surface area contributed by atoms with Gasteiger partial charge in [-0.25, -0.2) is 0 Å². The molecule has 2 heterocycles. The monoisotopic (exact) mass is 174 g/mol. The van der Waals surface area contributed by atoms with Crippen LogP contribution in [0.15, 0.2) is 24.6 Å². The van der Waals surface area contributed by atoms with E-state index in [1.807, 2.05) is 0 Å². The van der Waals surface area contributed by atoms with Gasteiger partial charge >= 0.3 is 26.0 Å². The largest absolute Gasteiger partial charge is 0.661 e. The van der Waals surface area contributed by atoms with Crippen molar-refractivity contribution in [3.8, 4) is 0 Å². The van der Waals surface area contributed by atoms with E-state index in [2.05, 4.69) is 9.31 Å². The summed E-state index contributed by atoms with van der Waals surface area (Å²) in [6.45, 7) is 0. The van der Waals surface area contributed by atoms with Gasteiger partial charge < -0.3 is 18.6 Å². The zero-order chi connectivity index (χ0) is 8.55. The maximum absolute atomic E-state index is 12.2. The fraction of sp³-hybridized carbons (Fsp3) is 0. The van der Waals surface area contributed by atoms with Crippen molar-refractivity contribution in [2.45, 2.75) is 0 Å². The smallest absolute Gasteiger partial charge is 0.530 e. The molecule has 0 fully saturated rings. The van der Waals surface area contributed by atoms with Crippen LogP contribution in [0.5, 0.6) is 0 Å². The van der Waals surface area contributed by atoms with E-state index in [4.69, 9.17) is 9.31 Å². The third-order valence-corrected chi connectivity index (χ3v) is 1.30. The average molecular weight is 174 g/mol. The lowest BCUT2D eigenvalue weighted by atomic mass is 9.49. The van der Waals surface area contributed by atoms with Gasteiger partial charge in [-0.3, -0.25) is 0 Å². The van der Waals surface area contributed by atoms with E-state index in [0.717, 1.165) is 0 Å². The SMILES string of the molecule is FC1=C(F)OB(B2OC=CO2)O1. The topological polar surface area (TPSA) is 36.9 Å². The van der Waals surface area contributed by atoms with Gasteiger partial charge in [0.05, 0.1) is 12.5 Å². The molecule has 0 aromatic rings. The van der Waals surface area contributed by atoms with Crippen LogP contribution in [0.1, 0.15) is 0 Å². The Balaban J connectivity index is 1.94. The zero-order valence-corrected chi connectivity index (χ0v) is 5.70. The molecule has 12 heavy (non-hydrogen) atoms. The normalized spacial score (nSPS) is 20.5. The number of hydrogen-bond acceptors (Lipinski definition) is 4. The summed E-state index contributed by atoms with van der Waals surface area (Å²) in [6, 6.07) is -2.78. The van der Waals surface area contributed by atoms with Crippen LogP contribution in [-0.4, -0.2) is 14.0 Å². The van der Waals surface area contributed by atoms with Crippen LogP contribution >= 0.6 is 0 Å². The third kappa shape index (κ3) is 1.09. The van der Waals surface area contributed by atoms with E-state index >= 15 is 0 Å². The van der Waals surface area contributed by atoms with E-state index in [9.17, 15) is 8.78 Å². The Labute approximate surface area is 67.0 Å². The highest BCUT2D eigenvalue weighted by Crippen LogP contribution is 2.24. The summed E-state index contributed by atoms with van der Waals surface area (Å²) in [7, 11) is -2.18. The zero-order valence-electron chi connectivity index (χ0n) is 5.70. The van der Waals surface area contributed by atoms with Gasteiger partial charge in [0, 0.05) is 0 Å². The first kappa shape index (κ1) is 7.33. The van der Waals surface area contributed by atoms with Crippen molar-refractivity contribution in [2.24, 2.45) is 0 Å². The van der Waals surface area contributed by atoms with Crippen molar-refractivity contribution in [3.63, 3.8) is 0 Å². The molecule has 0 saturated carbocycles. The summed E-state index contributed by atoms with van der Waals surface area (Å²) in [5.74, 6) is 0. The predicted molar refractivity (Wildman–Crippen MR) is 34.2 cm³/mol. The lowest BCUT2D eigenvalue weighted by Gasteiger charge is -2.05. The van der Waals surface area contributed by atoms with Gasteiger partial charge in [0.2, 0.25) is 0 Å². The average Bonchev–Trinajstić information content (AvgIpc) is 2.61. The summed E-state index contributed by atoms with van der Waals surface area (Å²) in [6.07, 6.45) is 2.46. The maximum atomic E-state index is 12.2. The van der Waals surface area contributed by atoms with Crippen LogP contribution in [0.3, 0.4) is 0 Å². The highest BCUT2D eigenvalue weighted by atomic mass is 19.2. The second-order valence-corrected chi connectivity index (χ2v) is 2.06. The predicted octanol–water partition coefficient (Wildman–Crippen LogP) is 0.672. The van der Waals surface area contributed by atoms with Crippen molar-refractivity contribution in [2.75, 3.05) is 0 Å². The van der Waals surface area contributed by atoms with Crippen LogP contribution in [0.2, 0.25) is 0 Å². The highest BCUT2D eigenvalue weighted by Gasteiger charge is 2.54. The molecule has 0 aliphatic carbocycles. The Kier molecular flexibility index (Phi) is 1.60. The quantitative estimate of drug-likeness (QED) is 0.547. The molecular formula is C4H2B2F2O4. The Morgan fingerprint density at radius 1 is 0.917 bits per heavy atom. The van der Waals surface area contributed by atoms with Gasteiger partial charge in [0.1, 0.15) is 0 Å². The van der Waals surface area contributed by atoms with Gasteiger partial charge in [-0.15, -0.1) is 0 Å². The standard InChI is InChI=1S/C4H2B2F2O4/c7-3-4(8)12-6(11-3)5-9-1-2-10-5/h1-2H. The van der Waals surface area contributed by atoms with E-state index in [-0.39, 0.29) is 0 Å². The first-order chi connectivity index (χ1) is 5.77. The highest BCUT2D eigenvalue weighted by molar-refractivity contribution is 7.11. The van der Waals surface area contributed by atoms with Gasteiger partial charge in [-0.05, 0) is 0 Å². The first-order valence-electron chi connectivity index (χ1n) is 3.12. The summed E-state index contributed by atoms with van der Waals surface area (Å²) >= 11 is 0. The van der Waals surface area contributed by atoms with Crippen molar-refractivity contribution in [1.29, 1.82) is 0 Å². The van der Waals surface area contributed by atoms with Crippen LogP contribution in [0.4, 0.5) is 8.78 Å². The molecule has 0 radical (unpaired) electrons. The Morgan fingerprint density at radius 3 is 1.92 bits per heavy atom. The molecule has 4 nitrogen and oxygen atoms in total. The fourth-order valence-electron chi connectivity index (χ4n) is 0.811. The van der Waals surface area contributed by atoms with E-state index in [1.54, 1.807) is 0 Å². The molecule has 2 aliphatic rings. The van der Waals surface area contributed by atoms with E-state index in [1.165, 1.54) is 12.5 Å². The maximum Gasteiger partial charge on any atom is 0.661 e. The van der Waals surface area contributed by atoms with Gasteiger partial charge in [-0.2, -0.15) is 8.78 Å². The van der Waals surface area contributed by atoms with Crippen LogP contribution < -0.4 is 0 Å². The fourth-order valence-corrected chi connectivity index (χ4v) is 0.811. The molecule has 0 unspecified atom stereocenters. The molecule has 0 N–H and O–H groups in total. The Bertz CT molecular complexity index is 233. The Hall–Kier alpha value is -1.33. The molecule has 2 aliphatic heterocycles. The molecule has 0 aromatic carbocycles. The number of rotatable bonds is 1. The van der Waals surface area contributed by atoms with Crippen LogP contribution in [0, 0.1) is 0 Å². The molecule has 8 heteroatoms. The third-order valence-electron chi connectivity index (χ3n) is 1.30. The summed E-state index contributed by atoms with van der Waals surface area (Å²) in [5.41, 5.74) is 0. The van der Waals surface area contributed by atoms with Crippen molar-refractivity contribution >= 4 is 14.0 Å². The number of hydrogen-bond donors (Lipinski definition) is 0. The van der Waals surface area contributed by atoms with Crippen molar-refractivity contribution < 1.29 is 27.4 Å². The molecule has 2 rings (SSSR count). The molecule has 0 bridgehead atoms. The molecular weight excluding hydrogens is 172 g/mol. The van der Waals surface area contributed by atoms with Gasteiger partial charge in [0.15, 0.2) is 0 Å². The lowest BCUT2D eigenvalue weighted by molar-refractivity contribution is 0.299. The van der Waals surface area contributed by atoms with E-state index < -0.39 is 26.0 Å². The minimum atomic E-state index is -1.39. The molecule has 62 valence electrons. The van der Waals surface area contributed by atoms with Crippen LogP contribution in [-0.2, 0) is 18.6 Å². The second-order valence-electron chi connectivity index (χ2n) is 2.06. The minimum absolute atomic E-state index is 0.955. The van der Waals surface area contributed by atoms with Crippen molar-refractivity contribution in [3.05, 3.63) is 24.6 Å².